The standard InChI is InChI=1S/C19H18Cl3N3O2S/c1-12(2)14-4-6-15(7-5-14)28(26,27)24-19-18(22)11-25(23-19)10-13-3-8-16(20)17(21)9-13/h3-9,11-12H,10H2,1-2H3,(H,23,24). The zero-order chi connectivity index (χ0) is 20.5. The molecule has 148 valence electrons. The first-order valence-corrected chi connectivity index (χ1v) is 11.1. The molecule has 0 aliphatic rings. The molecule has 2 aromatic carbocycles. The van der Waals surface area contributed by atoms with E-state index in [1.807, 2.05) is 19.9 Å². The fourth-order valence-corrected chi connectivity index (χ4v) is 4.18. The number of anilines is 1. The van der Waals surface area contributed by atoms with Gasteiger partial charge in [-0.1, -0.05) is 66.8 Å². The lowest BCUT2D eigenvalue weighted by molar-refractivity contribution is 0.600. The van der Waals surface area contributed by atoms with Crippen LogP contribution in [0.2, 0.25) is 15.1 Å². The van der Waals surface area contributed by atoms with Crippen LogP contribution in [0.3, 0.4) is 0 Å². The smallest absolute Gasteiger partial charge is 0.263 e. The quantitative estimate of drug-likeness (QED) is 0.506. The SMILES string of the molecule is CC(C)c1ccc(S(=O)(=O)Nc2nn(Cc3ccc(Cl)c(Cl)c3)cc2Cl)cc1. The summed E-state index contributed by atoms with van der Waals surface area (Å²) in [6.07, 6.45) is 1.55. The molecule has 1 N–H and O–H groups in total. The third-order valence-corrected chi connectivity index (χ3v) is 6.50. The molecular formula is C19H18Cl3N3O2S. The van der Waals surface area contributed by atoms with E-state index in [0.717, 1.165) is 11.1 Å². The van der Waals surface area contributed by atoms with Gasteiger partial charge in [-0.15, -0.1) is 0 Å². The van der Waals surface area contributed by atoms with Crippen LogP contribution in [0.25, 0.3) is 0 Å². The first-order valence-electron chi connectivity index (χ1n) is 8.45. The van der Waals surface area contributed by atoms with E-state index in [0.29, 0.717) is 22.5 Å². The molecule has 0 unspecified atom stereocenters. The predicted octanol–water partition coefficient (Wildman–Crippen LogP) is 5.82. The monoisotopic (exact) mass is 457 g/mol. The van der Waals surface area contributed by atoms with Crippen molar-refractivity contribution in [2.24, 2.45) is 0 Å². The van der Waals surface area contributed by atoms with E-state index in [9.17, 15) is 8.42 Å². The molecule has 0 fully saturated rings. The molecule has 0 spiro atoms. The highest BCUT2D eigenvalue weighted by molar-refractivity contribution is 7.92. The number of rotatable bonds is 6. The minimum atomic E-state index is -3.80. The molecule has 0 saturated carbocycles. The van der Waals surface area contributed by atoms with E-state index in [4.69, 9.17) is 34.8 Å². The zero-order valence-corrected chi connectivity index (χ0v) is 18.2. The van der Waals surface area contributed by atoms with Crippen LogP contribution in [-0.4, -0.2) is 18.2 Å². The Morgan fingerprint density at radius 2 is 1.68 bits per heavy atom. The number of hydrogen-bond acceptors (Lipinski definition) is 3. The van der Waals surface area contributed by atoms with Gasteiger partial charge in [0.2, 0.25) is 0 Å². The van der Waals surface area contributed by atoms with Crippen molar-refractivity contribution >= 4 is 50.6 Å². The average Bonchev–Trinajstić information content (AvgIpc) is 2.96. The summed E-state index contributed by atoms with van der Waals surface area (Å²) >= 11 is 18.1. The number of nitrogens with zero attached hydrogens (tertiary/aromatic N) is 2. The second-order valence-electron chi connectivity index (χ2n) is 6.60. The second-order valence-corrected chi connectivity index (χ2v) is 9.50. The molecule has 0 radical (unpaired) electrons. The van der Waals surface area contributed by atoms with Crippen LogP contribution >= 0.6 is 34.8 Å². The Balaban J connectivity index is 1.79. The van der Waals surface area contributed by atoms with Gasteiger partial charge in [-0.05, 0) is 41.3 Å². The van der Waals surface area contributed by atoms with Crippen LogP contribution in [-0.2, 0) is 16.6 Å². The van der Waals surface area contributed by atoms with Crippen LogP contribution in [0.4, 0.5) is 5.82 Å². The number of nitrogens with one attached hydrogen (secondary N) is 1. The fraction of sp³-hybridized carbons (Fsp3) is 0.211. The molecule has 0 bridgehead atoms. The average molecular weight is 459 g/mol. The molecule has 1 aromatic heterocycles. The summed E-state index contributed by atoms with van der Waals surface area (Å²) in [4.78, 5) is 0.145. The summed E-state index contributed by atoms with van der Waals surface area (Å²) in [7, 11) is -3.80. The molecule has 3 rings (SSSR count). The lowest BCUT2D eigenvalue weighted by Crippen LogP contribution is -2.14. The Hall–Kier alpha value is -1.73. The molecule has 9 heteroatoms. The minimum Gasteiger partial charge on any atom is -0.265 e. The van der Waals surface area contributed by atoms with Gasteiger partial charge in [0.05, 0.1) is 21.5 Å². The maximum atomic E-state index is 12.6. The lowest BCUT2D eigenvalue weighted by Gasteiger charge is -2.09. The molecule has 0 atom stereocenters. The normalized spacial score (nSPS) is 11.8. The van der Waals surface area contributed by atoms with Gasteiger partial charge >= 0.3 is 0 Å². The van der Waals surface area contributed by atoms with E-state index in [-0.39, 0.29) is 15.7 Å². The summed E-state index contributed by atoms with van der Waals surface area (Å²) < 4.78 is 29.2. The van der Waals surface area contributed by atoms with Gasteiger partial charge in [-0.25, -0.2) is 8.42 Å². The summed E-state index contributed by atoms with van der Waals surface area (Å²) in [5.74, 6) is 0.380. The molecular weight excluding hydrogens is 441 g/mol. The highest BCUT2D eigenvalue weighted by atomic mass is 35.5. The van der Waals surface area contributed by atoms with Crippen molar-refractivity contribution in [3.63, 3.8) is 0 Å². The first-order chi connectivity index (χ1) is 13.2. The Morgan fingerprint density at radius 3 is 2.29 bits per heavy atom. The Kier molecular flexibility index (Phi) is 6.25. The summed E-state index contributed by atoms with van der Waals surface area (Å²) in [5.41, 5.74) is 1.91. The number of aromatic nitrogens is 2. The van der Waals surface area contributed by atoms with Crippen molar-refractivity contribution in [3.8, 4) is 0 Å². The van der Waals surface area contributed by atoms with Gasteiger partial charge in [-0.3, -0.25) is 9.40 Å². The third kappa shape index (κ3) is 4.81. The highest BCUT2D eigenvalue weighted by Gasteiger charge is 2.18. The van der Waals surface area contributed by atoms with Crippen LogP contribution in [0.5, 0.6) is 0 Å². The summed E-state index contributed by atoms with van der Waals surface area (Å²) in [5, 5.41) is 5.32. The molecule has 3 aromatic rings. The van der Waals surface area contributed by atoms with Gasteiger partial charge in [0.25, 0.3) is 10.0 Å². The third-order valence-electron chi connectivity index (χ3n) is 4.13. The van der Waals surface area contributed by atoms with Gasteiger partial charge < -0.3 is 0 Å². The molecule has 28 heavy (non-hydrogen) atoms. The van der Waals surface area contributed by atoms with E-state index in [1.54, 1.807) is 42.6 Å². The minimum absolute atomic E-state index is 0.0645. The van der Waals surface area contributed by atoms with Gasteiger partial charge in [0, 0.05) is 6.20 Å². The van der Waals surface area contributed by atoms with Crippen molar-refractivity contribution in [1.82, 2.24) is 9.78 Å². The van der Waals surface area contributed by atoms with Crippen LogP contribution in [0, 0.1) is 0 Å². The lowest BCUT2D eigenvalue weighted by atomic mass is 10.0. The second kappa shape index (κ2) is 8.33. The molecule has 0 aliphatic heterocycles. The molecule has 0 aliphatic carbocycles. The van der Waals surface area contributed by atoms with Crippen molar-refractivity contribution in [1.29, 1.82) is 0 Å². The number of halogens is 3. The van der Waals surface area contributed by atoms with Crippen LogP contribution in [0.15, 0.2) is 53.6 Å². The van der Waals surface area contributed by atoms with E-state index >= 15 is 0 Å². The van der Waals surface area contributed by atoms with Crippen LogP contribution < -0.4 is 4.72 Å². The highest BCUT2D eigenvalue weighted by Crippen LogP contribution is 2.26. The molecule has 0 amide bonds. The van der Waals surface area contributed by atoms with Crippen molar-refractivity contribution < 1.29 is 8.42 Å². The Morgan fingerprint density at radius 1 is 1.00 bits per heavy atom. The van der Waals surface area contributed by atoms with Crippen LogP contribution in [0.1, 0.15) is 30.9 Å². The maximum Gasteiger partial charge on any atom is 0.263 e. The first kappa shape index (κ1) is 21.0. The van der Waals surface area contributed by atoms with Gasteiger partial charge in [0.1, 0.15) is 5.02 Å². The van der Waals surface area contributed by atoms with Crippen molar-refractivity contribution in [2.75, 3.05) is 4.72 Å². The van der Waals surface area contributed by atoms with Gasteiger partial charge in [0.15, 0.2) is 5.82 Å². The zero-order valence-electron chi connectivity index (χ0n) is 15.2. The van der Waals surface area contributed by atoms with Crippen molar-refractivity contribution in [2.45, 2.75) is 31.2 Å². The van der Waals surface area contributed by atoms with E-state index in [2.05, 4.69) is 9.82 Å². The molecule has 1 heterocycles. The number of hydrogen-bond donors (Lipinski definition) is 1. The molecule has 0 saturated heterocycles. The van der Waals surface area contributed by atoms with E-state index < -0.39 is 10.0 Å². The molecule has 5 nitrogen and oxygen atoms in total. The topological polar surface area (TPSA) is 64.0 Å². The Labute approximate surface area is 179 Å². The summed E-state index contributed by atoms with van der Waals surface area (Å²) in [6, 6.07) is 11.9. The Bertz CT molecular complexity index is 1090. The van der Waals surface area contributed by atoms with Gasteiger partial charge in [-0.2, -0.15) is 5.10 Å². The summed E-state index contributed by atoms with van der Waals surface area (Å²) in [6.45, 7) is 4.45. The maximum absolute atomic E-state index is 12.6. The van der Waals surface area contributed by atoms with E-state index in [1.165, 1.54) is 4.68 Å². The largest absolute Gasteiger partial charge is 0.265 e. The number of benzene rings is 2. The number of sulfonamides is 1. The van der Waals surface area contributed by atoms with Crippen molar-refractivity contribution in [3.05, 3.63) is 74.9 Å². The predicted molar refractivity (Wildman–Crippen MR) is 114 cm³/mol. The fourth-order valence-electron chi connectivity index (χ4n) is 2.59.